The van der Waals surface area contributed by atoms with E-state index in [0.29, 0.717) is 13.1 Å². The zero-order valence-electron chi connectivity index (χ0n) is 12.2. The van der Waals surface area contributed by atoms with Gasteiger partial charge in [-0.15, -0.1) is 0 Å². The van der Waals surface area contributed by atoms with Gasteiger partial charge in [0, 0.05) is 24.7 Å². The Morgan fingerprint density at radius 2 is 1.33 bits per heavy atom. The second-order valence-electron chi connectivity index (χ2n) is 4.09. The topological polar surface area (TPSA) is 93.7 Å². The van der Waals surface area contributed by atoms with Crippen molar-refractivity contribution in [2.75, 3.05) is 13.1 Å². The minimum Gasteiger partial charge on any atom is -0.410 e. The van der Waals surface area contributed by atoms with Crippen LogP contribution in [0.1, 0.15) is 31.1 Å². The fourth-order valence-electron chi connectivity index (χ4n) is 1.47. The molecule has 21 heavy (non-hydrogen) atoms. The fraction of sp³-hybridized carbons (Fsp3) is 0.357. The summed E-state index contributed by atoms with van der Waals surface area (Å²) in [5, 5.41) is 4.91. The van der Waals surface area contributed by atoms with Crippen molar-refractivity contribution in [2.24, 2.45) is 0 Å². The summed E-state index contributed by atoms with van der Waals surface area (Å²) in [5.74, 6) is -0.00186. The largest absolute Gasteiger partial charge is 0.412 e. The molecule has 0 saturated carbocycles. The summed E-state index contributed by atoms with van der Waals surface area (Å²) in [6.07, 6.45) is -1.30. The first-order chi connectivity index (χ1) is 9.96. The third kappa shape index (κ3) is 5.52. The van der Waals surface area contributed by atoms with Crippen LogP contribution in [0.25, 0.3) is 0 Å². The lowest BCUT2D eigenvalue weighted by atomic mass is 10.1. The van der Waals surface area contributed by atoms with Gasteiger partial charge in [-0.1, -0.05) is 0 Å². The molecule has 0 aliphatic carbocycles. The van der Waals surface area contributed by atoms with Crippen molar-refractivity contribution in [1.29, 1.82) is 0 Å². The average molecular weight is 294 g/mol. The zero-order valence-corrected chi connectivity index (χ0v) is 12.2. The van der Waals surface area contributed by atoms with E-state index in [2.05, 4.69) is 10.6 Å². The van der Waals surface area contributed by atoms with Gasteiger partial charge in [0.15, 0.2) is 5.78 Å². The van der Waals surface area contributed by atoms with E-state index in [9.17, 15) is 14.4 Å². The number of ether oxygens (including phenoxy) is 2. The fourth-order valence-corrected chi connectivity index (χ4v) is 1.47. The molecule has 0 bridgehead atoms. The molecular weight excluding hydrogens is 276 g/mol. The first kappa shape index (κ1) is 16.5. The highest BCUT2D eigenvalue weighted by Crippen LogP contribution is 2.23. The first-order valence-electron chi connectivity index (χ1n) is 6.53. The Morgan fingerprint density at radius 3 is 1.67 bits per heavy atom. The average Bonchev–Trinajstić information content (AvgIpc) is 2.38. The van der Waals surface area contributed by atoms with Crippen molar-refractivity contribution < 1.29 is 23.9 Å². The summed E-state index contributed by atoms with van der Waals surface area (Å²) in [4.78, 5) is 34.2. The van der Waals surface area contributed by atoms with Crippen LogP contribution < -0.4 is 20.1 Å². The van der Waals surface area contributed by atoms with Crippen LogP contribution in [0.5, 0.6) is 11.5 Å². The minimum absolute atomic E-state index is 0.118. The van der Waals surface area contributed by atoms with Crippen molar-refractivity contribution in [3.8, 4) is 11.5 Å². The van der Waals surface area contributed by atoms with Gasteiger partial charge in [0.25, 0.3) is 0 Å². The van der Waals surface area contributed by atoms with Gasteiger partial charge in [-0.05, 0) is 32.9 Å². The van der Waals surface area contributed by atoms with Crippen LogP contribution in [0.4, 0.5) is 9.59 Å². The van der Waals surface area contributed by atoms with Crippen molar-refractivity contribution in [3.05, 3.63) is 23.8 Å². The van der Waals surface area contributed by atoms with Gasteiger partial charge >= 0.3 is 12.2 Å². The maximum absolute atomic E-state index is 11.5. The molecule has 1 rings (SSSR count). The van der Waals surface area contributed by atoms with Crippen LogP contribution >= 0.6 is 0 Å². The third-order valence-corrected chi connectivity index (χ3v) is 2.35. The number of nitrogens with one attached hydrogen (secondary N) is 2. The third-order valence-electron chi connectivity index (χ3n) is 2.35. The maximum atomic E-state index is 11.5. The van der Waals surface area contributed by atoms with Crippen molar-refractivity contribution in [2.45, 2.75) is 20.8 Å². The standard InChI is InChI=1S/C14H18N2O5/c1-4-15-13(18)20-11-6-10(9(3)17)7-12(8-11)21-14(19)16-5-2/h6-8H,4-5H2,1-3H3,(H,15,18)(H,16,19). The van der Waals surface area contributed by atoms with E-state index in [-0.39, 0.29) is 22.8 Å². The molecule has 0 atom stereocenters. The number of hydrogen-bond acceptors (Lipinski definition) is 5. The molecule has 0 unspecified atom stereocenters. The van der Waals surface area contributed by atoms with E-state index in [1.165, 1.54) is 25.1 Å². The van der Waals surface area contributed by atoms with E-state index < -0.39 is 12.2 Å². The monoisotopic (exact) mass is 294 g/mol. The number of carbonyl (C=O) groups is 3. The number of amides is 2. The predicted molar refractivity (Wildman–Crippen MR) is 75.8 cm³/mol. The van der Waals surface area contributed by atoms with Crippen LogP contribution in [0.15, 0.2) is 18.2 Å². The number of Topliss-reactive ketones (excluding diaryl/α,β-unsaturated/α-hetero) is 1. The molecule has 2 N–H and O–H groups in total. The lowest BCUT2D eigenvalue weighted by molar-refractivity contribution is 0.101. The number of ketones is 1. The van der Waals surface area contributed by atoms with Crippen molar-refractivity contribution in [1.82, 2.24) is 10.6 Å². The smallest absolute Gasteiger partial charge is 0.410 e. The van der Waals surface area contributed by atoms with E-state index >= 15 is 0 Å². The van der Waals surface area contributed by atoms with Crippen LogP contribution in [-0.2, 0) is 0 Å². The molecule has 1 aromatic rings. The second-order valence-corrected chi connectivity index (χ2v) is 4.09. The summed E-state index contributed by atoms with van der Waals surface area (Å²) in [6.45, 7) is 5.68. The SMILES string of the molecule is CCNC(=O)Oc1cc(OC(=O)NCC)cc(C(C)=O)c1. The molecule has 0 aromatic heterocycles. The normalized spacial score (nSPS) is 9.67. The van der Waals surface area contributed by atoms with Gasteiger partial charge in [-0.2, -0.15) is 0 Å². The van der Waals surface area contributed by atoms with Gasteiger partial charge in [0.05, 0.1) is 0 Å². The summed E-state index contributed by atoms with van der Waals surface area (Å²) in [7, 11) is 0. The number of carbonyl (C=O) groups excluding carboxylic acids is 3. The Morgan fingerprint density at radius 1 is 0.905 bits per heavy atom. The summed E-state index contributed by atoms with van der Waals surface area (Å²) in [5.41, 5.74) is 0.274. The van der Waals surface area contributed by atoms with E-state index in [4.69, 9.17) is 9.47 Å². The Bertz CT molecular complexity index is 504. The Hall–Kier alpha value is -2.57. The molecule has 0 spiro atoms. The highest BCUT2D eigenvalue weighted by Gasteiger charge is 2.12. The Balaban J connectivity index is 2.97. The zero-order chi connectivity index (χ0) is 15.8. The molecule has 2 amide bonds. The molecule has 0 heterocycles. The number of hydrogen-bond donors (Lipinski definition) is 2. The summed E-state index contributed by atoms with van der Waals surface area (Å²) < 4.78 is 10.0. The molecule has 114 valence electrons. The second kappa shape index (κ2) is 7.88. The quantitative estimate of drug-likeness (QED) is 0.811. The summed E-state index contributed by atoms with van der Waals surface area (Å²) >= 11 is 0. The van der Waals surface area contributed by atoms with Crippen LogP contribution in [-0.4, -0.2) is 31.1 Å². The molecule has 1 aromatic carbocycles. The minimum atomic E-state index is -0.651. The summed E-state index contributed by atoms with van der Waals surface area (Å²) in [6, 6.07) is 4.17. The highest BCUT2D eigenvalue weighted by molar-refractivity contribution is 5.95. The molecule has 0 fully saturated rings. The number of benzene rings is 1. The molecule has 0 aliphatic rings. The number of rotatable bonds is 5. The molecular formula is C14H18N2O5. The Kier molecular flexibility index (Phi) is 6.19. The maximum Gasteiger partial charge on any atom is 0.412 e. The van der Waals surface area contributed by atoms with Crippen molar-refractivity contribution >= 4 is 18.0 Å². The molecule has 0 aliphatic heterocycles. The van der Waals surface area contributed by atoms with Gasteiger partial charge in [0.1, 0.15) is 11.5 Å². The van der Waals surface area contributed by atoms with Gasteiger partial charge in [-0.3, -0.25) is 4.79 Å². The Labute approximate surface area is 122 Å². The van der Waals surface area contributed by atoms with E-state index in [0.717, 1.165) is 0 Å². The molecule has 7 heteroatoms. The van der Waals surface area contributed by atoms with Gasteiger partial charge in [0.2, 0.25) is 0 Å². The highest BCUT2D eigenvalue weighted by atomic mass is 16.6. The van der Waals surface area contributed by atoms with Crippen LogP contribution in [0.2, 0.25) is 0 Å². The molecule has 0 radical (unpaired) electrons. The van der Waals surface area contributed by atoms with Crippen LogP contribution in [0.3, 0.4) is 0 Å². The lowest BCUT2D eigenvalue weighted by Crippen LogP contribution is -2.27. The van der Waals surface area contributed by atoms with Crippen LogP contribution in [0, 0.1) is 0 Å². The lowest BCUT2D eigenvalue weighted by Gasteiger charge is -2.10. The predicted octanol–water partition coefficient (Wildman–Crippen LogP) is 2.11. The molecule has 7 nitrogen and oxygen atoms in total. The van der Waals surface area contributed by atoms with Crippen molar-refractivity contribution in [3.63, 3.8) is 0 Å². The molecule has 0 saturated heterocycles. The van der Waals surface area contributed by atoms with E-state index in [1.807, 2.05) is 0 Å². The van der Waals surface area contributed by atoms with Gasteiger partial charge < -0.3 is 20.1 Å². The van der Waals surface area contributed by atoms with Gasteiger partial charge in [-0.25, -0.2) is 9.59 Å². The first-order valence-corrected chi connectivity index (χ1v) is 6.53. The van der Waals surface area contributed by atoms with E-state index in [1.54, 1.807) is 13.8 Å².